The van der Waals surface area contributed by atoms with Gasteiger partial charge in [-0.25, -0.2) is 0 Å². The molecule has 2 heterocycles. The highest BCUT2D eigenvalue weighted by Gasteiger charge is 2.30. The molecule has 2 fully saturated rings. The molecule has 5 heteroatoms. The number of aromatic nitrogens is 2. The Kier molecular flexibility index (Phi) is 3.16. The molecule has 3 rings (SSSR count). The Morgan fingerprint density at radius 3 is 3.00 bits per heavy atom. The molecule has 98 valence electrons. The zero-order valence-corrected chi connectivity index (χ0v) is 10.8. The SMILES string of the molecule is CC(=O)CC1CCCN1Cc1nc(C2CC2)no1. The summed E-state index contributed by atoms with van der Waals surface area (Å²) in [5.74, 6) is 2.37. The molecule has 1 saturated heterocycles. The Balaban J connectivity index is 1.61. The molecular formula is C13H19N3O2. The van der Waals surface area contributed by atoms with Gasteiger partial charge in [-0.3, -0.25) is 9.69 Å². The molecule has 1 saturated carbocycles. The summed E-state index contributed by atoms with van der Waals surface area (Å²) in [5, 5.41) is 4.03. The molecule has 18 heavy (non-hydrogen) atoms. The minimum atomic E-state index is 0.260. The lowest BCUT2D eigenvalue weighted by atomic mass is 10.1. The van der Waals surface area contributed by atoms with Crippen molar-refractivity contribution in [2.24, 2.45) is 0 Å². The molecule has 0 N–H and O–H groups in total. The Morgan fingerprint density at radius 1 is 1.44 bits per heavy atom. The van der Waals surface area contributed by atoms with Gasteiger partial charge < -0.3 is 4.52 Å². The fourth-order valence-corrected chi connectivity index (χ4v) is 2.68. The van der Waals surface area contributed by atoms with Gasteiger partial charge >= 0.3 is 0 Å². The van der Waals surface area contributed by atoms with Gasteiger partial charge in [-0.15, -0.1) is 0 Å². The number of ketones is 1. The number of rotatable bonds is 5. The second kappa shape index (κ2) is 4.80. The van der Waals surface area contributed by atoms with Crippen LogP contribution in [0.15, 0.2) is 4.52 Å². The molecule has 1 aliphatic carbocycles. The molecule has 1 aromatic heterocycles. The van der Waals surface area contributed by atoms with Gasteiger partial charge in [0.25, 0.3) is 0 Å². The van der Waals surface area contributed by atoms with Crippen LogP contribution in [0.4, 0.5) is 0 Å². The van der Waals surface area contributed by atoms with Crippen LogP contribution < -0.4 is 0 Å². The average molecular weight is 249 g/mol. The van der Waals surface area contributed by atoms with Gasteiger partial charge in [-0.1, -0.05) is 5.16 Å². The number of carbonyl (C=O) groups excluding carboxylic acids is 1. The van der Waals surface area contributed by atoms with Crippen molar-refractivity contribution in [3.05, 3.63) is 11.7 Å². The van der Waals surface area contributed by atoms with Gasteiger partial charge in [0.05, 0.1) is 6.54 Å². The van der Waals surface area contributed by atoms with Gasteiger partial charge in [0.15, 0.2) is 5.82 Å². The van der Waals surface area contributed by atoms with Crippen molar-refractivity contribution in [3.8, 4) is 0 Å². The third kappa shape index (κ3) is 2.61. The van der Waals surface area contributed by atoms with Crippen molar-refractivity contribution in [3.63, 3.8) is 0 Å². The van der Waals surface area contributed by atoms with E-state index in [0.29, 0.717) is 30.8 Å². The van der Waals surface area contributed by atoms with Crippen LogP contribution >= 0.6 is 0 Å². The van der Waals surface area contributed by atoms with Gasteiger partial charge in [0.1, 0.15) is 5.78 Å². The van der Waals surface area contributed by atoms with Crippen molar-refractivity contribution in [1.82, 2.24) is 15.0 Å². The minimum Gasteiger partial charge on any atom is -0.338 e. The summed E-state index contributed by atoms with van der Waals surface area (Å²) in [6.07, 6.45) is 5.28. The van der Waals surface area contributed by atoms with E-state index in [1.807, 2.05) is 0 Å². The second-order valence-electron chi connectivity index (χ2n) is 5.49. The largest absolute Gasteiger partial charge is 0.338 e. The fraction of sp³-hybridized carbons (Fsp3) is 0.769. The molecule has 0 amide bonds. The molecule has 0 aromatic carbocycles. The second-order valence-corrected chi connectivity index (χ2v) is 5.49. The Labute approximate surface area is 107 Å². The molecule has 1 unspecified atom stereocenters. The van der Waals surface area contributed by atoms with Crippen LogP contribution in [0.2, 0.25) is 0 Å². The lowest BCUT2D eigenvalue weighted by Gasteiger charge is -2.21. The summed E-state index contributed by atoms with van der Waals surface area (Å²) in [6.45, 7) is 3.38. The summed E-state index contributed by atoms with van der Waals surface area (Å²) in [6, 6.07) is 0.360. The van der Waals surface area contributed by atoms with Crippen LogP contribution in [0.25, 0.3) is 0 Å². The minimum absolute atomic E-state index is 0.260. The maximum absolute atomic E-state index is 11.2. The first-order valence-electron chi connectivity index (χ1n) is 6.78. The lowest BCUT2D eigenvalue weighted by molar-refractivity contribution is -0.118. The van der Waals surface area contributed by atoms with Crippen LogP contribution in [-0.2, 0) is 11.3 Å². The van der Waals surface area contributed by atoms with Crippen molar-refractivity contribution >= 4 is 5.78 Å². The van der Waals surface area contributed by atoms with E-state index < -0.39 is 0 Å². The lowest BCUT2D eigenvalue weighted by Crippen LogP contribution is -2.30. The van der Waals surface area contributed by atoms with E-state index in [2.05, 4.69) is 15.0 Å². The highest BCUT2D eigenvalue weighted by Crippen LogP contribution is 2.38. The maximum Gasteiger partial charge on any atom is 0.240 e. The van der Waals surface area contributed by atoms with E-state index in [9.17, 15) is 4.79 Å². The first-order valence-corrected chi connectivity index (χ1v) is 6.78. The zero-order chi connectivity index (χ0) is 12.5. The molecule has 1 aliphatic heterocycles. The van der Waals surface area contributed by atoms with Crippen molar-refractivity contribution in [2.45, 2.75) is 57.5 Å². The predicted molar refractivity (Wildman–Crippen MR) is 65.0 cm³/mol. The van der Waals surface area contributed by atoms with Crippen LogP contribution in [0.3, 0.4) is 0 Å². The van der Waals surface area contributed by atoms with Crippen LogP contribution in [0, 0.1) is 0 Å². The number of carbonyl (C=O) groups is 1. The monoisotopic (exact) mass is 249 g/mol. The molecule has 0 radical (unpaired) electrons. The van der Waals surface area contributed by atoms with Crippen molar-refractivity contribution in [2.75, 3.05) is 6.54 Å². The first kappa shape index (κ1) is 11.8. The number of hydrogen-bond donors (Lipinski definition) is 0. The number of likely N-dealkylation sites (tertiary alicyclic amines) is 1. The fourth-order valence-electron chi connectivity index (χ4n) is 2.68. The van der Waals surface area contributed by atoms with Crippen LogP contribution in [-0.4, -0.2) is 33.4 Å². The molecule has 2 aliphatic rings. The maximum atomic E-state index is 11.2. The van der Waals surface area contributed by atoms with E-state index in [4.69, 9.17) is 4.52 Å². The standard InChI is InChI=1S/C13H19N3O2/c1-9(17)7-11-3-2-6-16(11)8-12-14-13(15-18-12)10-4-5-10/h10-11H,2-8H2,1H3. The smallest absolute Gasteiger partial charge is 0.240 e. The summed E-state index contributed by atoms with van der Waals surface area (Å²) < 4.78 is 5.29. The molecule has 0 spiro atoms. The number of nitrogens with zero attached hydrogens (tertiary/aromatic N) is 3. The molecular weight excluding hydrogens is 230 g/mol. The van der Waals surface area contributed by atoms with Gasteiger partial charge in [-0.2, -0.15) is 4.98 Å². The molecule has 1 atom stereocenters. The quantitative estimate of drug-likeness (QED) is 0.797. The first-order chi connectivity index (χ1) is 8.72. The van der Waals surface area contributed by atoms with Crippen molar-refractivity contribution < 1.29 is 9.32 Å². The van der Waals surface area contributed by atoms with Gasteiger partial charge in [0, 0.05) is 18.4 Å². The number of Topliss-reactive ketones (excluding diaryl/α,β-unsaturated/α-hetero) is 1. The van der Waals surface area contributed by atoms with Crippen LogP contribution in [0.1, 0.15) is 56.7 Å². The summed E-state index contributed by atoms with van der Waals surface area (Å²) in [4.78, 5) is 18.0. The average Bonchev–Trinajstić information content (AvgIpc) is 2.93. The summed E-state index contributed by atoms with van der Waals surface area (Å²) >= 11 is 0. The van der Waals surface area contributed by atoms with Crippen molar-refractivity contribution in [1.29, 1.82) is 0 Å². The molecule has 0 bridgehead atoms. The van der Waals surface area contributed by atoms with E-state index in [1.165, 1.54) is 12.8 Å². The Hall–Kier alpha value is -1.23. The predicted octanol–water partition coefficient (Wildman–Crippen LogP) is 1.89. The topological polar surface area (TPSA) is 59.2 Å². The van der Waals surface area contributed by atoms with E-state index in [1.54, 1.807) is 6.92 Å². The van der Waals surface area contributed by atoms with Gasteiger partial charge in [-0.05, 0) is 39.2 Å². The third-order valence-corrected chi connectivity index (χ3v) is 3.79. The van der Waals surface area contributed by atoms with Crippen LogP contribution in [0.5, 0.6) is 0 Å². The summed E-state index contributed by atoms with van der Waals surface area (Å²) in [7, 11) is 0. The Morgan fingerprint density at radius 2 is 2.28 bits per heavy atom. The van der Waals surface area contributed by atoms with E-state index in [0.717, 1.165) is 25.2 Å². The van der Waals surface area contributed by atoms with E-state index in [-0.39, 0.29) is 5.78 Å². The highest BCUT2D eigenvalue weighted by atomic mass is 16.5. The molecule has 1 aromatic rings. The Bertz CT molecular complexity index is 439. The molecule has 5 nitrogen and oxygen atoms in total. The normalized spacial score (nSPS) is 24.6. The van der Waals surface area contributed by atoms with E-state index >= 15 is 0 Å². The number of hydrogen-bond acceptors (Lipinski definition) is 5. The third-order valence-electron chi connectivity index (χ3n) is 3.79. The zero-order valence-electron chi connectivity index (χ0n) is 10.8. The van der Waals surface area contributed by atoms with Gasteiger partial charge in [0.2, 0.25) is 5.89 Å². The summed E-state index contributed by atoms with van der Waals surface area (Å²) in [5.41, 5.74) is 0. The highest BCUT2D eigenvalue weighted by molar-refractivity contribution is 5.76.